The van der Waals surface area contributed by atoms with Gasteiger partial charge in [-0.1, -0.05) is 11.6 Å². The number of nitrogens with zero attached hydrogens (tertiary/aromatic N) is 9. The van der Waals surface area contributed by atoms with Crippen molar-refractivity contribution < 1.29 is 27.9 Å². The van der Waals surface area contributed by atoms with Crippen molar-refractivity contribution in [2.24, 2.45) is 0 Å². The number of hydrogen-bond acceptors (Lipinski definition) is 10. The molecule has 5 heterocycles. The Morgan fingerprint density at radius 2 is 1.81 bits per heavy atom. The molecule has 0 bridgehead atoms. The molecule has 1 spiro atoms. The lowest BCUT2D eigenvalue weighted by Gasteiger charge is -2.39. The molecule has 1 aromatic carbocycles. The number of aryl methyl sites for hydroxylation is 1. The minimum Gasteiger partial charge on any atom is -0.504 e. The number of amides is 2. The maximum Gasteiger partial charge on any atom is 0.416 e. The van der Waals surface area contributed by atoms with Gasteiger partial charge in [-0.15, -0.1) is 5.10 Å². The minimum atomic E-state index is -4.61. The molecular weight excluding hydrogens is 705 g/mol. The van der Waals surface area contributed by atoms with Gasteiger partial charge in [-0.05, 0) is 63.6 Å². The van der Waals surface area contributed by atoms with Crippen LogP contribution in [0.2, 0.25) is 5.02 Å². The highest BCUT2D eigenvalue weighted by Gasteiger charge is 2.46. The molecule has 0 atom stereocenters. The molecule has 0 unspecified atom stereocenters. The summed E-state index contributed by atoms with van der Waals surface area (Å²) in [6, 6.07) is 2.65. The van der Waals surface area contributed by atoms with Crippen molar-refractivity contribution in [3.05, 3.63) is 86.3 Å². The second-order valence-corrected chi connectivity index (χ2v) is 13.8. The molecule has 18 heteroatoms. The van der Waals surface area contributed by atoms with Gasteiger partial charge in [-0.2, -0.15) is 22.7 Å². The summed E-state index contributed by atoms with van der Waals surface area (Å²) in [4.78, 5) is 64.3. The molecule has 268 valence electrons. The fraction of sp³-hybridized carbons (Fsp3) is 0.382. The van der Waals surface area contributed by atoms with Crippen LogP contribution >= 0.6 is 11.6 Å². The molecule has 1 saturated carbocycles. The van der Waals surface area contributed by atoms with Gasteiger partial charge in [0.05, 0.1) is 27.5 Å². The first-order chi connectivity index (χ1) is 24.8. The smallest absolute Gasteiger partial charge is 0.416 e. The lowest BCUT2D eigenvalue weighted by atomic mass is 9.74. The standard InChI is InChI=1S/C34H30ClF3N10O4/c1-17-27(50)26(42-16-41-17)31(52)46-10-8-33(9-11-46)7-6-23-25(33)30(51)48-32(44-29(45-48)19-13-39-28(40-14-19)18-2-3-18)47(23)15-24(49)43-22-5-4-20(12-21(22)35)34(36,37)38/h4-5,12-14,16,18,50H,2-3,6-11,15H2,1H3,(H,43,49). The van der Waals surface area contributed by atoms with Crippen LogP contribution < -0.4 is 10.9 Å². The fourth-order valence-corrected chi connectivity index (χ4v) is 7.43. The third kappa shape index (κ3) is 5.81. The SMILES string of the molecule is Cc1ncnc(C(=O)N2CCC3(CCc4c3c(=O)n3nc(-c5cnc(C6CC6)nc5)nc3n4CC(=O)Nc3ccc(C(F)(F)F)cc3Cl)CC2)c1O. The van der Waals surface area contributed by atoms with Gasteiger partial charge in [0.15, 0.2) is 17.3 Å². The van der Waals surface area contributed by atoms with Gasteiger partial charge in [0.2, 0.25) is 11.7 Å². The van der Waals surface area contributed by atoms with Crippen LogP contribution in [0.3, 0.4) is 0 Å². The maximum atomic E-state index is 14.4. The quantitative estimate of drug-likeness (QED) is 0.254. The molecule has 4 aromatic heterocycles. The predicted molar refractivity (Wildman–Crippen MR) is 179 cm³/mol. The van der Waals surface area contributed by atoms with E-state index in [1.54, 1.807) is 28.8 Å². The summed E-state index contributed by atoms with van der Waals surface area (Å²) >= 11 is 6.13. The van der Waals surface area contributed by atoms with Gasteiger partial charge >= 0.3 is 6.18 Å². The number of halogens is 4. The number of piperidine rings is 1. The molecule has 5 aromatic rings. The van der Waals surface area contributed by atoms with Crippen LogP contribution in [0.25, 0.3) is 17.2 Å². The predicted octanol–water partition coefficient (Wildman–Crippen LogP) is 4.46. The van der Waals surface area contributed by atoms with E-state index in [0.29, 0.717) is 48.4 Å². The molecule has 2 N–H and O–H groups in total. The molecule has 14 nitrogen and oxygen atoms in total. The van der Waals surface area contributed by atoms with Crippen LogP contribution in [0, 0.1) is 6.92 Å². The largest absolute Gasteiger partial charge is 0.504 e. The lowest BCUT2D eigenvalue weighted by molar-refractivity contribution is -0.137. The van der Waals surface area contributed by atoms with Crippen molar-refractivity contribution in [3.63, 3.8) is 0 Å². The lowest BCUT2D eigenvalue weighted by Crippen LogP contribution is -2.46. The number of nitrogens with one attached hydrogen (secondary N) is 1. The number of rotatable bonds is 6. The van der Waals surface area contributed by atoms with Crippen molar-refractivity contribution in [2.45, 2.75) is 69.5 Å². The van der Waals surface area contributed by atoms with Gasteiger partial charge in [0.25, 0.3) is 11.5 Å². The highest BCUT2D eigenvalue weighted by molar-refractivity contribution is 6.33. The van der Waals surface area contributed by atoms with Gasteiger partial charge in [-0.25, -0.2) is 19.9 Å². The van der Waals surface area contributed by atoms with E-state index in [9.17, 15) is 32.7 Å². The highest BCUT2D eigenvalue weighted by atomic mass is 35.5. The Morgan fingerprint density at radius 1 is 1.08 bits per heavy atom. The molecule has 1 saturated heterocycles. The van der Waals surface area contributed by atoms with E-state index >= 15 is 0 Å². The molecule has 52 heavy (non-hydrogen) atoms. The number of benzene rings is 1. The molecule has 2 amide bonds. The summed E-state index contributed by atoms with van der Waals surface area (Å²) < 4.78 is 42.4. The Kier molecular flexibility index (Phi) is 8.00. The van der Waals surface area contributed by atoms with E-state index in [0.717, 1.165) is 41.4 Å². The van der Waals surface area contributed by atoms with Crippen LogP contribution in [0.15, 0.2) is 41.7 Å². The Balaban J connectivity index is 1.15. The van der Waals surface area contributed by atoms with E-state index in [1.165, 1.54) is 6.33 Å². The summed E-state index contributed by atoms with van der Waals surface area (Å²) in [7, 11) is 0. The van der Waals surface area contributed by atoms with Crippen LogP contribution in [-0.4, -0.2) is 74.0 Å². The van der Waals surface area contributed by atoms with Crippen molar-refractivity contribution in [2.75, 3.05) is 18.4 Å². The topological polar surface area (TPSA) is 173 Å². The fourth-order valence-electron chi connectivity index (χ4n) is 7.21. The third-order valence-corrected chi connectivity index (χ3v) is 10.5. The minimum absolute atomic E-state index is 0.0122. The molecule has 2 fully saturated rings. The average molecular weight is 735 g/mol. The highest BCUT2D eigenvalue weighted by Crippen LogP contribution is 2.45. The number of aromatic hydroxyl groups is 1. The number of likely N-dealkylation sites (tertiary alicyclic amines) is 1. The monoisotopic (exact) mass is 734 g/mol. The van der Waals surface area contributed by atoms with E-state index < -0.39 is 34.5 Å². The Bertz CT molecular complexity index is 2330. The van der Waals surface area contributed by atoms with E-state index in [1.807, 2.05) is 0 Å². The first-order valence-electron chi connectivity index (χ1n) is 16.6. The number of anilines is 1. The summed E-state index contributed by atoms with van der Waals surface area (Å²) in [6.45, 7) is 1.77. The second kappa shape index (κ2) is 12.4. The Morgan fingerprint density at radius 3 is 2.48 bits per heavy atom. The van der Waals surface area contributed by atoms with E-state index in [4.69, 9.17) is 11.6 Å². The maximum absolute atomic E-state index is 14.4. The number of carbonyl (C=O) groups is 2. The number of carbonyl (C=O) groups excluding carboxylic acids is 2. The molecule has 2 aliphatic carbocycles. The van der Waals surface area contributed by atoms with Crippen molar-refractivity contribution >= 4 is 34.9 Å². The number of hydrogen-bond donors (Lipinski definition) is 2. The number of aromatic nitrogens is 8. The van der Waals surface area contributed by atoms with Crippen LogP contribution in [0.1, 0.15) is 76.8 Å². The molecule has 0 radical (unpaired) electrons. The second-order valence-electron chi connectivity index (χ2n) is 13.4. The van der Waals surface area contributed by atoms with E-state index in [2.05, 4.69) is 35.3 Å². The molecule has 8 rings (SSSR count). The number of fused-ring (bicyclic) bond motifs is 3. The normalized spacial score (nSPS) is 16.8. The summed E-state index contributed by atoms with van der Waals surface area (Å²) in [5.74, 6) is -0.0193. The van der Waals surface area contributed by atoms with Crippen molar-refractivity contribution in [1.29, 1.82) is 0 Å². The van der Waals surface area contributed by atoms with Crippen molar-refractivity contribution in [1.82, 2.24) is 44.0 Å². The van der Waals surface area contributed by atoms with Crippen LogP contribution in [-0.2, 0) is 29.4 Å². The third-order valence-electron chi connectivity index (χ3n) is 10.2. The summed E-state index contributed by atoms with van der Waals surface area (Å²) in [5.41, 5.74) is -0.320. The Labute approximate surface area is 297 Å². The van der Waals surface area contributed by atoms with E-state index in [-0.39, 0.29) is 59.1 Å². The van der Waals surface area contributed by atoms with Gasteiger partial charge in [0, 0.05) is 48.1 Å². The van der Waals surface area contributed by atoms with Crippen LogP contribution in [0.4, 0.5) is 18.9 Å². The Hall–Kier alpha value is -5.45. The zero-order chi connectivity index (χ0) is 36.5. The summed E-state index contributed by atoms with van der Waals surface area (Å²) in [5, 5.41) is 17.3. The van der Waals surface area contributed by atoms with Crippen LogP contribution in [0.5, 0.6) is 5.75 Å². The molecule has 3 aliphatic rings. The molecular formula is C34H30ClF3N10O4. The van der Waals surface area contributed by atoms with Crippen molar-refractivity contribution in [3.8, 4) is 17.1 Å². The van der Waals surface area contributed by atoms with Gasteiger partial charge in [-0.3, -0.25) is 14.4 Å². The first kappa shape index (κ1) is 33.7. The van der Waals surface area contributed by atoms with Gasteiger partial charge in [0.1, 0.15) is 18.7 Å². The summed E-state index contributed by atoms with van der Waals surface area (Å²) in [6.07, 6.45) is 3.66. The first-order valence-corrected chi connectivity index (χ1v) is 17.0. The average Bonchev–Trinajstić information content (AvgIpc) is 3.77. The zero-order valence-electron chi connectivity index (χ0n) is 27.6. The van der Waals surface area contributed by atoms with Gasteiger partial charge < -0.3 is 19.9 Å². The molecule has 1 aliphatic heterocycles. The number of alkyl halides is 3. The zero-order valence-corrected chi connectivity index (χ0v) is 28.4.